The van der Waals surface area contributed by atoms with Crippen LogP contribution in [0.4, 0.5) is 0 Å². The second-order valence-electron chi connectivity index (χ2n) is 7.27. The molecular weight excluding hydrogens is 322 g/mol. The minimum atomic E-state index is -0.962. The molecule has 0 aliphatic carbocycles. The summed E-state index contributed by atoms with van der Waals surface area (Å²) in [6.07, 6.45) is 0. The zero-order valence-electron chi connectivity index (χ0n) is 16.9. The van der Waals surface area contributed by atoms with E-state index in [0.717, 1.165) is 37.4 Å². The summed E-state index contributed by atoms with van der Waals surface area (Å²) in [6.45, 7) is 15.7. The van der Waals surface area contributed by atoms with Gasteiger partial charge >= 0.3 is 0 Å². The monoisotopic (exact) mass is 353 g/mol. The van der Waals surface area contributed by atoms with Gasteiger partial charge in [0, 0.05) is 36.5 Å². The predicted octanol–water partition coefficient (Wildman–Crippen LogP) is 3.66. The van der Waals surface area contributed by atoms with Gasteiger partial charge in [-0.1, -0.05) is 30.9 Å². The van der Waals surface area contributed by atoms with Crippen molar-refractivity contribution >= 4 is 0 Å². The van der Waals surface area contributed by atoms with Crippen molar-refractivity contribution in [2.75, 3.05) is 6.54 Å². The third-order valence-electron chi connectivity index (χ3n) is 4.53. The highest BCUT2D eigenvalue weighted by Gasteiger charge is 2.14. The normalized spacial score (nSPS) is 11.5. The van der Waals surface area contributed by atoms with Crippen LogP contribution in [0.25, 0.3) is 0 Å². The van der Waals surface area contributed by atoms with Crippen LogP contribution in [0.2, 0.25) is 0 Å². The van der Waals surface area contributed by atoms with Crippen molar-refractivity contribution in [2.24, 2.45) is 0 Å². The highest BCUT2D eigenvalue weighted by Crippen LogP contribution is 2.17. The van der Waals surface area contributed by atoms with Gasteiger partial charge in [-0.3, -0.25) is 9.58 Å². The summed E-state index contributed by atoms with van der Waals surface area (Å²) in [5.41, 5.74) is 4.95. The van der Waals surface area contributed by atoms with E-state index in [1.165, 1.54) is 16.8 Å². The second kappa shape index (κ2) is 8.53. The number of rotatable bonds is 6. The molecule has 0 fully saturated rings. The molecule has 0 saturated carbocycles. The number of benzene rings is 1. The molecule has 140 valence electrons. The lowest BCUT2D eigenvalue weighted by atomic mass is 10.1. The van der Waals surface area contributed by atoms with Crippen molar-refractivity contribution in [1.82, 2.24) is 14.7 Å². The fourth-order valence-electron chi connectivity index (χ4n) is 2.95. The average molecular weight is 354 g/mol. The van der Waals surface area contributed by atoms with E-state index in [9.17, 15) is 5.11 Å². The molecule has 2 aromatic rings. The zero-order valence-corrected chi connectivity index (χ0v) is 16.9. The van der Waals surface area contributed by atoms with E-state index in [2.05, 4.69) is 66.3 Å². The van der Waals surface area contributed by atoms with Gasteiger partial charge in [0.25, 0.3) is 0 Å². The Morgan fingerprint density at radius 3 is 2.27 bits per heavy atom. The fourth-order valence-corrected chi connectivity index (χ4v) is 2.95. The summed E-state index contributed by atoms with van der Waals surface area (Å²) in [5, 5.41) is 14.3. The van der Waals surface area contributed by atoms with Gasteiger partial charge < -0.3 is 5.11 Å². The van der Waals surface area contributed by atoms with Crippen LogP contribution in [0, 0.1) is 25.7 Å². The van der Waals surface area contributed by atoms with Crippen LogP contribution < -0.4 is 0 Å². The Balaban J connectivity index is 2.08. The Kier molecular flexibility index (Phi) is 6.63. The molecule has 1 heterocycles. The van der Waals surface area contributed by atoms with Gasteiger partial charge in [0.2, 0.25) is 0 Å². The van der Waals surface area contributed by atoms with Gasteiger partial charge in [-0.05, 0) is 58.9 Å². The maximum absolute atomic E-state index is 9.70. The number of aliphatic hydroxyl groups is 1. The first-order valence-electron chi connectivity index (χ1n) is 9.33. The third-order valence-corrected chi connectivity index (χ3v) is 4.53. The molecule has 0 aliphatic rings. The molecule has 2 rings (SSSR count). The van der Waals surface area contributed by atoms with E-state index in [1.807, 2.05) is 12.1 Å². The van der Waals surface area contributed by atoms with Crippen LogP contribution in [0.5, 0.6) is 0 Å². The SMILES string of the molecule is CCN(Cc1ccc(C#CC(C)(C)O)cc1)Cc1c(C)nn(CC)c1C. The van der Waals surface area contributed by atoms with Crippen molar-refractivity contribution in [3.63, 3.8) is 0 Å². The van der Waals surface area contributed by atoms with Gasteiger partial charge in [0.05, 0.1) is 5.69 Å². The highest BCUT2D eigenvalue weighted by molar-refractivity contribution is 5.37. The average Bonchev–Trinajstić information content (AvgIpc) is 2.87. The summed E-state index contributed by atoms with van der Waals surface area (Å²) in [5.74, 6) is 5.87. The van der Waals surface area contributed by atoms with Crippen molar-refractivity contribution < 1.29 is 5.11 Å². The van der Waals surface area contributed by atoms with Gasteiger partial charge in [-0.25, -0.2) is 0 Å². The van der Waals surface area contributed by atoms with E-state index < -0.39 is 5.60 Å². The zero-order chi connectivity index (χ0) is 19.3. The van der Waals surface area contributed by atoms with Crippen LogP contribution in [-0.2, 0) is 19.6 Å². The number of hydrogen-bond acceptors (Lipinski definition) is 3. The Morgan fingerprint density at radius 2 is 1.77 bits per heavy atom. The largest absolute Gasteiger partial charge is 0.378 e. The molecule has 0 unspecified atom stereocenters. The lowest BCUT2D eigenvalue weighted by Crippen LogP contribution is -2.23. The molecule has 1 N–H and O–H groups in total. The summed E-state index contributed by atoms with van der Waals surface area (Å²) in [6, 6.07) is 8.28. The van der Waals surface area contributed by atoms with E-state index in [-0.39, 0.29) is 0 Å². The van der Waals surface area contributed by atoms with Crippen LogP contribution in [0.3, 0.4) is 0 Å². The molecule has 0 radical (unpaired) electrons. The Labute approximate surface area is 157 Å². The van der Waals surface area contributed by atoms with E-state index in [1.54, 1.807) is 13.8 Å². The fraction of sp³-hybridized carbons (Fsp3) is 0.500. The Bertz CT molecular complexity index is 786. The minimum Gasteiger partial charge on any atom is -0.378 e. The molecular formula is C22H31N3O. The molecule has 26 heavy (non-hydrogen) atoms. The number of aryl methyl sites for hydroxylation is 2. The topological polar surface area (TPSA) is 41.3 Å². The van der Waals surface area contributed by atoms with Gasteiger partial charge in [0.15, 0.2) is 0 Å². The summed E-state index contributed by atoms with van der Waals surface area (Å²) >= 11 is 0. The Morgan fingerprint density at radius 1 is 1.12 bits per heavy atom. The summed E-state index contributed by atoms with van der Waals surface area (Å²) in [4.78, 5) is 2.43. The lowest BCUT2D eigenvalue weighted by Gasteiger charge is -2.21. The number of nitrogens with zero attached hydrogens (tertiary/aromatic N) is 3. The molecule has 0 atom stereocenters. The predicted molar refractivity (Wildman–Crippen MR) is 107 cm³/mol. The third kappa shape index (κ3) is 5.45. The van der Waals surface area contributed by atoms with Crippen LogP contribution in [0.15, 0.2) is 24.3 Å². The van der Waals surface area contributed by atoms with Crippen LogP contribution in [0.1, 0.15) is 55.8 Å². The van der Waals surface area contributed by atoms with Crippen molar-refractivity contribution in [3.8, 4) is 11.8 Å². The van der Waals surface area contributed by atoms with Gasteiger partial charge in [-0.2, -0.15) is 5.10 Å². The number of hydrogen-bond donors (Lipinski definition) is 1. The van der Waals surface area contributed by atoms with E-state index in [0.29, 0.717) is 0 Å². The van der Waals surface area contributed by atoms with E-state index >= 15 is 0 Å². The smallest absolute Gasteiger partial charge is 0.120 e. The quantitative estimate of drug-likeness (QED) is 0.806. The van der Waals surface area contributed by atoms with Crippen LogP contribution in [-0.4, -0.2) is 31.9 Å². The molecule has 0 bridgehead atoms. The number of aromatic nitrogens is 2. The van der Waals surface area contributed by atoms with E-state index in [4.69, 9.17) is 0 Å². The standard InChI is InChI=1S/C22H31N3O/c1-7-24(16-21-17(3)23-25(8-2)18(21)4)15-20-11-9-19(10-12-20)13-14-22(5,6)26/h9-12,26H,7-8,15-16H2,1-6H3. The van der Waals surface area contributed by atoms with Gasteiger partial charge in [0.1, 0.15) is 5.60 Å². The van der Waals surface area contributed by atoms with Crippen molar-refractivity contribution in [3.05, 3.63) is 52.3 Å². The lowest BCUT2D eigenvalue weighted by molar-refractivity contribution is 0.143. The molecule has 4 nitrogen and oxygen atoms in total. The van der Waals surface area contributed by atoms with Gasteiger partial charge in [-0.15, -0.1) is 0 Å². The minimum absolute atomic E-state index is 0.895. The first-order chi connectivity index (χ1) is 12.2. The molecule has 0 amide bonds. The summed E-state index contributed by atoms with van der Waals surface area (Å²) < 4.78 is 2.08. The van der Waals surface area contributed by atoms with Crippen molar-refractivity contribution in [1.29, 1.82) is 0 Å². The highest BCUT2D eigenvalue weighted by atomic mass is 16.3. The van der Waals surface area contributed by atoms with Crippen molar-refractivity contribution in [2.45, 2.75) is 66.8 Å². The molecule has 0 spiro atoms. The Hall–Kier alpha value is -2.09. The molecule has 4 heteroatoms. The first-order valence-corrected chi connectivity index (χ1v) is 9.33. The summed E-state index contributed by atoms with van der Waals surface area (Å²) in [7, 11) is 0. The maximum atomic E-state index is 9.70. The second-order valence-corrected chi connectivity index (χ2v) is 7.27. The molecule has 1 aromatic heterocycles. The maximum Gasteiger partial charge on any atom is 0.120 e. The first kappa shape index (κ1) is 20.2. The molecule has 0 aliphatic heterocycles. The van der Waals surface area contributed by atoms with Crippen LogP contribution >= 0.6 is 0 Å². The molecule has 1 aromatic carbocycles. The molecule has 0 saturated heterocycles.